The van der Waals surface area contributed by atoms with Crippen molar-refractivity contribution in [2.24, 2.45) is 0 Å². The number of nitrogens with zero attached hydrogens (tertiary/aromatic N) is 2. The number of hydrogen-bond acceptors (Lipinski definition) is 2. The number of fused-ring (bicyclic) bond motifs is 1. The largest absolute Gasteiger partial charge is 0.530 e. The van der Waals surface area contributed by atoms with E-state index in [9.17, 15) is 0 Å². The molecular formula is C13H22N2OSi2. The molecule has 3 nitrogen and oxygen atoms in total. The molecule has 0 aliphatic heterocycles. The van der Waals surface area contributed by atoms with Crippen LogP contribution in [0.1, 0.15) is 0 Å². The zero-order valence-electron chi connectivity index (χ0n) is 12.1. The van der Waals surface area contributed by atoms with Gasteiger partial charge in [-0.3, -0.25) is 4.35 Å². The molecule has 18 heavy (non-hydrogen) atoms. The van der Waals surface area contributed by atoms with E-state index in [1.165, 1.54) is 5.52 Å². The minimum absolute atomic E-state index is 0.812. The molecule has 0 aliphatic carbocycles. The Hall–Kier alpha value is -1.08. The first-order valence-electron chi connectivity index (χ1n) is 6.36. The summed E-state index contributed by atoms with van der Waals surface area (Å²) in [4.78, 5) is 0. The summed E-state index contributed by atoms with van der Waals surface area (Å²) < 4.78 is 8.31. The van der Waals surface area contributed by atoms with E-state index in [0.717, 1.165) is 11.3 Å². The van der Waals surface area contributed by atoms with Gasteiger partial charge in [-0.15, -0.1) is 5.10 Å². The van der Waals surface area contributed by atoms with Crippen molar-refractivity contribution in [1.82, 2.24) is 9.45 Å². The van der Waals surface area contributed by atoms with Crippen molar-refractivity contribution in [3.63, 3.8) is 0 Å². The predicted octanol–water partition coefficient (Wildman–Crippen LogP) is 3.93. The Morgan fingerprint density at radius 2 is 1.61 bits per heavy atom. The van der Waals surface area contributed by atoms with Crippen LogP contribution in [0.5, 0.6) is 5.88 Å². The molecule has 98 valence electrons. The maximum absolute atomic E-state index is 6.12. The van der Waals surface area contributed by atoms with Crippen LogP contribution < -0.4 is 4.43 Å². The lowest BCUT2D eigenvalue weighted by molar-refractivity contribution is 0.533. The van der Waals surface area contributed by atoms with Crippen LogP contribution in [0.3, 0.4) is 0 Å². The number of hydrogen-bond donors (Lipinski definition) is 0. The van der Waals surface area contributed by atoms with Gasteiger partial charge in [0.2, 0.25) is 14.2 Å². The molecule has 0 amide bonds. The van der Waals surface area contributed by atoms with E-state index in [-0.39, 0.29) is 0 Å². The topological polar surface area (TPSA) is 27.1 Å². The highest BCUT2D eigenvalue weighted by Crippen LogP contribution is 2.28. The Bertz CT molecular complexity index is 564. The summed E-state index contributed by atoms with van der Waals surface area (Å²) in [7, 11) is -3.13. The van der Waals surface area contributed by atoms with Crippen LogP contribution in [-0.4, -0.2) is 26.0 Å². The van der Waals surface area contributed by atoms with Crippen molar-refractivity contribution in [2.45, 2.75) is 39.3 Å². The second-order valence-electron chi connectivity index (χ2n) is 6.62. The van der Waals surface area contributed by atoms with E-state index in [2.05, 4.69) is 67.9 Å². The molecule has 1 aromatic heterocycles. The first-order valence-corrected chi connectivity index (χ1v) is 13.2. The molecule has 0 saturated carbocycles. The lowest BCUT2D eigenvalue weighted by Gasteiger charge is -2.19. The van der Waals surface area contributed by atoms with Gasteiger partial charge in [-0.05, 0) is 51.4 Å². The molecule has 0 atom stereocenters. The van der Waals surface area contributed by atoms with Crippen molar-refractivity contribution in [3.8, 4) is 5.88 Å². The van der Waals surface area contributed by atoms with E-state index >= 15 is 0 Å². The summed E-state index contributed by atoms with van der Waals surface area (Å²) in [5.41, 5.74) is 1.20. The Morgan fingerprint density at radius 1 is 1.00 bits per heavy atom. The van der Waals surface area contributed by atoms with Gasteiger partial charge in [-0.2, -0.15) is 0 Å². The average Bonchev–Trinajstić information content (AvgIpc) is 2.55. The number of rotatable bonds is 3. The van der Waals surface area contributed by atoms with Crippen molar-refractivity contribution in [2.75, 3.05) is 0 Å². The summed E-state index contributed by atoms with van der Waals surface area (Å²) in [6.45, 7) is 13.5. The van der Waals surface area contributed by atoms with Gasteiger partial charge in [0.1, 0.15) is 0 Å². The predicted molar refractivity (Wildman–Crippen MR) is 82.5 cm³/mol. The highest BCUT2D eigenvalue weighted by molar-refractivity contribution is 6.75. The highest BCUT2D eigenvalue weighted by atomic mass is 28.4. The van der Waals surface area contributed by atoms with Gasteiger partial charge in [0.05, 0.1) is 10.9 Å². The van der Waals surface area contributed by atoms with Gasteiger partial charge in [-0.25, -0.2) is 0 Å². The summed E-state index contributed by atoms with van der Waals surface area (Å²) in [5, 5.41) is 5.88. The SMILES string of the molecule is C[Si](C)(C)Oc1nn([Si](C)(C)C)c2ccccc12. The molecule has 1 aromatic carbocycles. The smallest absolute Gasteiger partial charge is 0.244 e. The first kappa shape index (κ1) is 13.4. The molecule has 0 N–H and O–H groups in total. The van der Waals surface area contributed by atoms with E-state index in [1.807, 2.05) is 0 Å². The molecule has 0 spiro atoms. The van der Waals surface area contributed by atoms with E-state index in [4.69, 9.17) is 9.52 Å². The number of benzene rings is 1. The maximum atomic E-state index is 6.12. The lowest BCUT2D eigenvalue weighted by Crippen LogP contribution is -2.34. The number of aromatic nitrogens is 2. The molecule has 0 aliphatic rings. The van der Waals surface area contributed by atoms with E-state index in [0.29, 0.717) is 0 Å². The van der Waals surface area contributed by atoms with Crippen molar-refractivity contribution >= 4 is 27.5 Å². The minimum Gasteiger partial charge on any atom is -0.530 e. The van der Waals surface area contributed by atoms with Gasteiger partial charge in [-0.1, -0.05) is 12.1 Å². The van der Waals surface area contributed by atoms with Gasteiger partial charge < -0.3 is 4.43 Å². The monoisotopic (exact) mass is 278 g/mol. The molecule has 0 unspecified atom stereocenters. The first-order chi connectivity index (χ1) is 8.18. The molecule has 1 heterocycles. The van der Waals surface area contributed by atoms with Crippen LogP contribution in [0.25, 0.3) is 10.9 Å². The standard InChI is InChI=1S/C13H22N2OSi2/c1-17(2,3)15-12-10-8-7-9-11(12)13(14-15)16-18(4,5)6/h7-10H,1-6H3. The Labute approximate surface area is 111 Å². The van der Waals surface area contributed by atoms with Gasteiger partial charge in [0, 0.05) is 0 Å². The van der Waals surface area contributed by atoms with Gasteiger partial charge in [0.25, 0.3) is 0 Å². The fourth-order valence-corrected chi connectivity index (χ4v) is 3.95. The lowest BCUT2D eigenvalue weighted by atomic mass is 10.2. The summed E-state index contributed by atoms with van der Waals surface area (Å²) in [5.74, 6) is 0.812. The highest BCUT2D eigenvalue weighted by Gasteiger charge is 2.25. The normalized spacial score (nSPS) is 13.0. The minimum atomic E-state index is -1.62. The second kappa shape index (κ2) is 4.24. The van der Waals surface area contributed by atoms with Crippen molar-refractivity contribution < 1.29 is 4.43 Å². The van der Waals surface area contributed by atoms with Crippen LogP contribution in [0.2, 0.25) is 39.3 Å². The Kier molecular flexibility index (Phi) is 3.15. The van der Waals surface area contributed by atoms with Crippen LogP contribution in [0.4, 0.5) is 0 Å². The van der Waals surface area contributed by atoms with Gasteiger partial charge >= 0.3 is 0 Å². The molecule has 0 bridgehead atoms. The fourth-order valence-electron chi connectivity index (χ4n) is 1.91. The zero-order valence-corrected chi connectivity index (χ0v) is 14.1. The zero-order chi connectivity index (χ0) is 13.6. The van der Waals surface area contributed by atoms with Crippen molar-refractivity contribution in [1.29, 1.82) is 0 Å². The molecule has 0 fully saturated rings. The van der Waals surface area contributed by atoms with E-state index < -0.39 is 16.6 Å². The second-order valence-corrected chi connectivity index (χ2v) is 15.8. The van der Waals surface area contributed by atoms with Crippen LogP contribution in [-0.2, 0) is 0 Å². The Morgan fingerprint density at radius 3 is 2.17 bits per heavy atom. The summed E-state index contributed by atoms with van der Waals surface area (Å²) >= 11 is 0. The molecule has 5 heteroatoms. The Balaban J connectivity index is 2.62. The van der Waals surface area contributed by atoms with Crippen LogP contribution in [0.15, 0.2) is 24.3 Å². The summed E-state index contributed by atoms with van der Waals surface area (Å²) in [6, 6.07) is 8.36. The van der Waals surface area contributed by atoms with Gasteiger partial charge in [0.15, 0.2) is 8.24 Å². The maximum Gasteiger partial charge on any atom is 0.244 e. The van der Waals surface area contributed by atoms with E-state index in [1.54, 1.807) is 0 Å². The number of para-hydroxylation sites is 1. The molecule has 2 aromatic rings. The third-order valence-corrected chi connectivity index (χ3v) is 5.01. The molecule has 0 radical (unpaired) electrons. The fraction of sp³-hybridized carbons (Fsp3) is 0.462. The average molecular weight is 279 g/mol. The summed E-state index contributed by atoms with van der Waals surface area (Å²) in [6.07, 6.45) is 0. The third-order valence-electron chi connectivity index (χ3n) is 2.59. The molecule has 2 rings (SSSR count). The molecule has 0 saturated heterocycles. The van der Waals surface area contributed by atoms with Crippen LogP contribution in [0, 0.1) is 0 Å². The quantitative estimate of drug-likeness (QED) is 0.795. The molecular weight excluding hydrogens is 256 g/mol. The third kappa shape index (κ3) is 2.67. The van der Waals surface area contributed by atoms with Crippen molar-refractivity contribution in [3.05, 3.63) is 24.3 Å². The van der Waals surface area contributed by atoms with Crippen LogP contribution >= 0.6 is 0 Å².